The molecule has 180 valence electrons. The van der Waals surface area contributed by atoms with Gasteiger partial charge in [-0.1, -0.05) is 42.5 Å². The van der Waals surface area contributed by atoms with Crippen molar-refractivity contribution in [2.45, 2.75) is 12.5 Å². The highest BCUT2D eigenvalue weighted by Gasteiger charge is 2.35. The number of anilines is 2. The predicted octanol–water partition coefficient (Wildman–Crippen LogP) is 3.62. The number of nitro benzene ring substituents is 1. The Balaban J connectivity index is 1.50. The first-order valence-corrected chi connectivity index (χ1v) is 11.2. The second kappa shape index (κ2) is 8.99. The minimum atomic E-state index is -0.576. The molecule has 4 amide bonds. The smallest absolute Gasteiger partial charge is 0.324 e. The average Bonchev–Trinajstić information content (AvgIpc) is 3.32. The minimum Gasteiger partial charge on any atom is -0.354 e. The van der Waals surface area contributed by atoms with Crippen molar-refractivity contribution in [3.8, 4) is 0 Å². The average molecular weight is 483 g/mol. The molecule has 2 aliphatic heterocycles. The molecule has 2 aliphatic rings. The molecule has 0 radical (unpaired) electrons. The number of nitrogens with zero attached hydrogens (tertiary/aromatic N) is 2. The van der Waals surface area contributed by atoms with Crippen LogP contribution in [0.25, 0.3) is 11.3 Å². The molecule has 3 N–H and O–H groups in total. The molecule has 0 saturated carbocycles. The second-order valence-corrected chi connectivity index (χ2v) is 8.50. The number of carbonyl (C=O) groups is 3. The van der Waals surface area contributed by atoms with Crippen LogP contribution in [0.3, 0.4) is 0 Å². The van der Waals surface area contributed by atoms with Gasteiger partial charge in [0.25, 0.3) is 17.5 Å². The van der Waals surface area contributed by atoms with E-state index in [9.17, 15) is 24.5 Å². The maximum atomic E-state index is 13.0. The number of nitro groups is 1. The van der Waals surface area contributed by atoms with Crippen molar-refractivity contribution in [2.24, 2.45) is 0 Å². The highest BCUT2D eigenvalue weighted by Crippen LogP contribution is 2.39. The fourth-order valence-corrected chi connectivity index (χ4v) is 4.32. The zero-order chi connectivity index (χ0) is 25.4. The van der Waals surface area contributed by atoms with Gasteiger partial charge in [0.2, 0.25) is 0 Å². The van der Waals surface area contributed by atoms with Gasteiger partial charge in [0, 0.05) is 42.5 Å². The lowest BCUT2D eigenvalue weighted by Crippen LogP contribution is -2.33. The van der Waals surface area contributed by atoms with E-state index >= 15 is 0 Å². The lowest BCUT2D eigenvalue weighted by molar-refractivity contribution is -0.384. The van der Waals surface area contributed by atoms with Crippen molar-refractivity contribution in [1.29, 1.82) is 0 Å². The van der Waals surface area contributed by atoms with Crippen LogP contribution in [0, 0.1) is 10.1 Å². The van der Waals surface area contributed by atoms with Crippen LogP contribution in [0.2, 0.25) is 0 Å². The van der Waals surface area contributed by atoms with Crippen molar-refractivity contribution < 1.29 is 19.3 Å². The molecular formula is C26H21N5O5. The standard InChI is InChI=1S/C26H21N5O5/c1-30-21(24(32)29-26(30)34)13-15-7-9-17(10-8-15)27-23(16-5-3-2-4-6-16)22-19-14-18(31(35)36)11-12-20(19)28-25(22)33/h2-12,14,21,27H,13H2,1H3,(H,28,33)(H,29,32,34). The monoisotopic (exact) mass is 483 g/mol. The number of nitrogens with one attached hydrogen (secondary N) is 3. The van der Waals surface area contributed by atoms with Gasteiger partial charge in [0.15, 0.2) is 0 Å². The molecule has 0 bridgehead atoms. The van der Waals surface area contributed by atoms with Crippen LogP contribution in [0.15, 0.2) is 72.8 Å². The summed E-state index contributed by atoms with van der Waals surface area (Å²) in [4.78, 5) is 49.0. The fraction of sp³-hybridized carbons (Fsp3) is 0.115. The molecular weight excluding hydrogens is 462 g/mol. The van der Waals surface area contributed by atoms with Gasteiger partial charge in [-0.25, -0.2) is 4.79 Å². The largest absolute Gasteiger partial charge is 0.354 e. The summed E-state index contributed by atoms with van der Waals surface area (Å²) in [6.07, 6.45) is 0.362. The van der Waals surface area contributed by atoms with Crippen molar-refractivity contribution in [1.82, 2.24) is 10.2 Å². The summed E-state index contributed by atoms with van der Waals surface area (Å²) in [6.45, 7) is 0. The number of non-ortho nitro benzene ring substituents is 1. The number of amides is 4. The summed E-state index contributed by atoms with van der Waals surface area (Å²) in [5.74, 6) is -0.700. The zero-order valence-electron chi connectivity index (χ0n) is 19.1. The number of rotatable bonds is 6. The molecule has 36 heavy (non-hydrogen) atoms. The second-order valence-electron chi connectivity index (χ2n) is 8.50. The van der Waals surface area contributed by atoms with E-state index in [4.69, 9.17) is 0 Å². The first-order valence-electron chi connectivity index (χ1n) is 11.2. The molecule has 1 atom stereocenters. The van der Waals surface area contributed by atoms with Crippen LogP contribution in [0.1, 0.15) is 16.7 Å². The summed E-state index contributed by atoms with van der Waals surface area (Å²) in [6, 6.07) is 19.8. The maximum Gasteiger partial charge on any atom is 0.324 e. The highest BCUT2D eigenvalue weighted by atomic mass is 16.6. The number of benzene rings is 3. The molecule has 3 aromatic rings. The lowest BCUT2D eigenvalue weighted by Gasteiger charge is -2.17. The first kappa shape index (κ1) is 22.8. The van der Waals surface area contributed by atoms with Crippen LogP contribution >= 0.6 is 0 Å². The van der Waals surface area contributed by atoms with Gasteiger partial charge in [0.1, 0.15) is 6.04 Å². The summed E-state index contributed by atoms with van der Waals surface area (Å²) < 4.78 is 0. The molecule has 0 aromatic heterocycles. The van der Waals surface area contributed by atoms with E-state index < -0.39 is 17.0 Å². The Morgan fingerprint density at radius 1 is 1.00 bits per heavy atom. The molecule has 0 aliphatic carbocycles. The number of fused-ring (bicyclic) bond motifs is 1. The zero-order valence-corrected chi connectivity index (χ0v) is 19.1. The highest BCUT2D eigenvalue weighted by molar-refractivity contribution is 6.37. The minimum absolute atomic E-state index is 0.112. The molecule has 1 fully saturated rings. The molecule has 1 unspecified atom stereocenters. The molecule has 1 saturated heterocycles. The van der Waals surface area contributed by atoms with Gasteiger partial charge in [-0.2, -0.15) is 0 Å². The Kier molecular flexibility index (Phi) is 5.69. The predicted molar refractivity (Wildman–Crippen MR) is 134 cm³/mol. The van der Waals surface area contributed by atoms with Gasteiger partial charge in [0.05, 0.1) is 16.2 Å². The topological polar surface area (TPSA) is 134 Å². The van der Waals surface area contributed by atoms with Crippen LogP contribution in [-0.2, 0) is 16.0 Å². The Bertz CT molecular complexity index is 1430. The number of hydrogen-bond acceptors (Lipinski definition) is 6. The third kappa shape index (κ3) is 4.16. The number of carbonyl (C=O) groups excluding carboxylic acids is 3. The summed E-state index contributed by atoms with van der Waals surface area (Å²) in [5.41, 5.74) is 3.89. The van der Waals surface area contributed by atoms with E-state index in [0.717, 1.165) is 11.1 Å². The van der Waals surface area contributed by atoms with Crippen molar-refractivity contribution in [3.05, 3.63) is 99.6 Å². The van der Waals surface area contributed by atoms with E-state index in [1.165, 1.54) is 23.1 Å². The Hall–Kier alpha value is -4.99. The Morgan fingerprint density at radius 3 is 2.36 bits per heavy atom. The van der Waals surface area contributed by atoms with Crippen LogP contribution < -0.4 is 16.0 Å². The van der Waals surface area contributed by atoms with Gasteiger partial charge >= 0.3 is 6.03 Å². The number of imide groups is 1. The molecule has 10 nitrogen and oxygen atoms in total. The molecule has 3 aromatic carbocycles. The molecule has 2 heterocycles. The molecule has 0 spiro atoms. The Morgan fingerprint density at radius 2 is 1.72 bits per heavy atom. The third-order valence-corrected chi connectivity index (χ3v) is 6.24. The normalized spacial score (nSPS) is 18.0. The van der Waals surface area contributed by atoms with Crippen LogP contribution in [0.5, 0.6) is 0 Å². The van der Waals surface area contributed by atoms with E-state index in [-0.39, 0.29) is 17.5 Å². The summed E-state index contributed by atoms with van der Waals surface area (Å²) in [7, 11) is 1.58. The van der Waals surface area contributed by atoms with Gasteiger partial charge in [-0.3, -0.25) is 25.0 Å². The molecule has 10 heteroatoms. The quantitative estimate of drug-likeness (QED) is 0.212. The van der Waals surface area contributed by atoms with Gasteiger partial charge in [-0.15, -0.1) is 0 Å². The summed E-state index contributed by atoms with van der Waals surface area (Å²) in [5, 5.41) is 19.7. The number of hydrogen-bond donors (Lipinski definition) is 3. The van der Waals surface area contributed by atoms with E-state index in [2.05, 4.69) is 16.0 Å². The van der Waals surface area contributed by atoms with Crippen LogP contribution in [0.4, 0.5) is 21.9 Å². The van der Waals surface area contributed by atoms with Gasteiger partial charge < -0.3 is 15.5 Å². The maximum absolute atomic E-state index is 13.0. The molecule has 5 rings (SSSR count). The first-order chi connectivity index (χ1) is 17.3. The van der Waals surface area contributed by atoms with E-state index in [0.29, 0.717) is 34.6 Å². The summed E-state index contributed by atoms with van der Waals surface area (Å²) >= 11 is 0. The fourth-order valence-electron chi connectivity index (χ4n) is 4.32. The Labute approximate surface area is 205 Å². The lowest BCUT2D eigenvalue weighted by atomic mass is 9.99. The third-order valence-electron chi connectivity index (χ3n) is 6.24. The van der Waals surface area contributed by atoms with Crippen LogP contribution in [-0.4, -0.2) is 40.8 Å². The van der Waals surface area contributed by atoms with Gasteiger partial charge in [-0.05, 0) is 29.3 Å². The van der Waals surface area contributed by atoms with E-state index in [1.807, 2.05) is 54.6 Å². The van der Waals surface area contributed by atoms with Crippen molar-refractivity contribution in [3.63, 3.8) is 0 Å². The SMILES string of the molecule is CN1C(=O)NC(=O)C1Cc1ccc(NC(=C2C(=O)Nc3ccc([N+](=O)[O-])cc32)c2ccccc2)cc1. The van der Waals surface area contributed by atoms with Crippen molar-refractivity contribution in [2.75, 3.05) is 17.7 Å². The number of likely N-dealkylation sites (N-methyl/N-ethyl adjacent to an activating group) is 1. The number of urea groups is 1. The van der Waals surface area contributed by atoms with Crippen molar-refractivity contribution >= 4 is 46.2 Å². The van der Waals surface area contributed by atoms with E-state index in [1.54, 1.807) is 7.05 Å².